The smallest absolute Gasteiger partial charge is 0.326 e. The maximum atomic E-state index is 12.3. The van der Waals surface area contributed by atoms with Gasteiger partial charge in [0.15, 0.2) is 0 Å². The summed E-state index contributed by atoms with van der Waals surface area (Å²) in [4.78, 5) is 37.7. The lowest BCUT2D eigenvalue weighted by molar-refractivity contribution is -0.140. The van der Waals surface area contributed by atoms with Gasteiger partial charge in [0.05, 0.1) is 5.56 Å². The number of pyridine rings is 1. The number of para-hydroxylation sites is 1. The van der Waals surface area contributed by atoms with Crippen LogP contribution in [0.2, 0.25) is 0 Å². The number of amides is 1. The Hall–Kier alpha value is -2.63. The van der Waals surface area contributed by atoms with Crippen molar-refractivity contribution in [2.75, 3.05) is 0 Å². The van der Waals surface area contributed by atoms with E-state index >= 15 is 0 Å². The second kappa shape index (κ2) is 5.78. The Bertz CT molecular complexity index is 749. The number of hydrogen-bond acceptors (Lipinski definition) is 3. The fourth-order valence-electron chi connectivity index (χ4n) is 2.13. The van der Waals surface area contributed by atoms with E-state index in [0.29, 0.717) is 10.9 Å². The second-order valence-corrected chi connectivity index (χ2v) is 5.13. The molecule has 21 heavy (non-hydrogen) atoms. The Morgan fingerprint density at radius 1 is 1.24 bits per heavy atom. The van der Waals surface area contributed by atoms with Gasteiger partial charge in [0.2, 0.25) is 5.56 Å². The fraction of sp³-hybridized carbons (Fsp3) is 0.267. The Balaban J connectivity index is 2.44. The Morgan fingerprint density at radius 2 is 1.90 bits per heavy atom. The molecule has 0 fully saturated rings. The Kier molecular flexibility index (Phi) is 4.07. The van der Waals surface area contributed by atoms with Crippen LogP contribution in [-0.2, 0) is 4.79 Å². The van der Waals surface area contributed by atoms with E-state index in [4.69, 9.17) is 5.11 Å². The first-order valence-electron chi connectivity index (χ1n) is 6.56. The number of carbonyl (C=O) groups is 2. The molecule has 0 saturated heterocycles. The van der Waals surface area contributed by atoms with E-state index in [2.05, 4.69) is 10.3 Å². The van der Waals surface area contributed by atoms with Crippen LogP contribution in [-0.4, -0.2) is 28.0 Å². The molecule has 0 aliphatic heterocycles. The highest BCUT2D eigenvalue weighted by atomic mass is 16.4. The van der Waals surface area contributed by atoms with Crippen molar-refractivity contribution in [3.63, 3.8) is 0 Å². The molecule has 1 amide bonds. The Labute approximate surface area is 120 Å². The summed E-state index contributed by atoms with van der Waals surface area (Å²) in [6.45, 7) is 3.41. The summed E-state index contributed by atoms with van der Waals surface area (Å²) in [5.74, 6) is -1.94. The number of carbonyl (C=O) groups excluding carboxylic acids is 1. The fourth-order valence-corrected chi connectivity index (χ4v) is 2.13. The lowest BCUT2D eigenvalue weighted by Gasteiger charge is -2.18. The minimum absolute atomic E-state index is 0.168. The van der Waals surface area contributed by atoms with Crippen molar-refractivity contribution in [3.8, 4) is 0 Å². The highest BCUT2D eigenvalue weighted by Crippen LogP contribution is 2.15. The molecule has 0 aliphatic carbocycles. The summed E-state index contributed by atoms with van der Waals surface area (Å²) >= 11 is 0. The molecule has 0 saturated carbocycles. The zero-order valence-electron chi connectivity index (χ0n) is 11.7. The molecule has 0 unspecified atom stereocenters. The van der Waals surface area contributed by atoms with E-state index in [0.717, 1.165) is 0 Å². The first kappa shape index (κ1) is 14.8. The number of fused-ring (bicyclic) bond motifs is 1. The molecular formula is C15H16N2O4. The van der Waals surface area contributed by atoms with Gasteiger partial charge in [0.1, 0.15) is 6.04 Å². The summed E-state index contributed by atoms with van der Waals surface area (Å²) in [6, 6.07) is 7.05. The van der Waals surface area contributed by atoms with Crippen LogP contribution in [0.5, 0.6) is 0 Å². The van der Waals surface area contributed by atoms with Crippen LogP contribution in [0.25, 0.3) is 10.9 Å². The largest absolute Gasteiger partial charge is 0.480 e. The number of benzene rings is 1. The first-order chi connectivity index (χ1) is 9.90. The molecule has 1 aromatic heterocycles. The van der Waals surface area contributed by atoms with Gasteiger partial charge >= 0.3 is 5.97 Å². The van der Waals surface area contributed by atoms with Crippen molar-refractivity contribution in [3.05, 3.63) is 46.2 Å². The molecule has 2 aromatic rings. The van der Waals surface area contributed by atoms with E-state index in [-0.39, 0.29) is 11.5 Å². The van der Waals surface area contributed by atoms with Gasteiger partial charge in [0.25, 0.3) is 5.91 Å². The third-order valence-corrected chi connectivity index (χ3v) is 3.21. The number of nitrogens with one attached hydrogen (secondary N) is 2. The van der Waals surface area contributed by atoms with Crippen LogP contribution in [0.15, 0.2) is 35.1 Å². The quantitative estimate of drug-likeness (QED) is 0.791. The lowest BCUT2D eigenvalue weighted by Crippen LogP contribution is -2.44. The minimum Gasteiger partial charge on any atom is -0.480 e. The van der Waals surface area contributed by atoms with Gasteiger partial charge in [-0.2, -0.15) is 0 Å². The average molecular weight is 288 g/mol. The Morgan fingerprint density at radius 3 is 2.52 bits per heavy atom. The van der Waals surface area contributed by atoms with Gasteiger partial charge in [0, 0.05) is 17.0 Å². The van der Waals surface area contributed by atoms with E-state index in [9.17, 15) is 14.4 Å². The van der Waals surface area contributed by atoms with Gasteiger partial charge in [-0.1, -0.05) is 32.0 Å². The van der Waals surface area contributed by atoms with Gasteiger partial charge < -0.3 is 15.4 Å². The second-order valence-electron chi connectivity index (χ2n) is 5.13. The zero-order valence-corrected chi connectivity index (χ0v) is 11.7. The average Bonchev–Trinajstić information content (AvgIpc) is 2.42. The molecule has 6 nitrogen and oxygen atoms in total. The molecule has 1 aromatic carbocycles. The van der Waals surface area contributed by atoms with E-state index in [1.807, 2.05) is 0 Å². The highest BCUT2D eigenvalue weighted by molar-refractivity contribution is 6.06. The molecule has 3 N–H and O–H groups in total. The van der Waals surface area contributed by atoms with Crippen LogP contribution in [0.4, 0.5) is 0 Å². The topological polar surface area (TPSA) is 99.3 Å². The molecular weight excluding hydrogens is 272 g/mol. The number of H-pyrrole nitrogens is 1. The maximum Gasteiger partial charge on any atom is 0.326 e. The lowest BCUT2D eigenvalue weighted by atomic mass is 10.0. The minimum atomic E-state index is -1.10. The van der Waals surface area contributed by atoms with E-state index in [1.165, 1.54) is 6.07 Å². The normalized spacial score (nSPS) is 12.3. The monoisotopic (exact) mass is 288 g/mol. The van der Waals surface area contributed by atoms with Crippen molar-refractivity contribution in [1.82, 2.24) is 10.3 Å². The standard InChI is InChI=1S/C15H16N2O4/c1-8(2)13(15(20)21)17-14(19)10-7-12(18)16-11-6-4-3-5-9(10)11/h3-8,13H,1-2H3,(H,16,18)(H,17,19)(H,20,21)/t13-/m1/s1. The number of carboxylic acids is 1. The van der Waals surface area contributed by atoms with Crippen molar-refractivity contribution < 1.29 is 14.7 Å². The van der Waals surface area contributed by atoms with Gasteiger partial charge in [-0.3, -0.25) is 9.59 Å². The van der Waals surface area contributed by atoms with Crippen molar-refractivity contribution in [1.29, 1.82) is 0 Å². The molecule has 0 spiro atoms. The van der Waals surface area contributed by atoms with Crippen LogP contribution in [0.3, 0.4) is 0 Å². The van der Waals surface area contributed by atoms with E-state index in [1.54, 1.807) is 38.1 Å². The molecule has 0 aliphatic rings. The number of aromatic amines is 1. The predicted octanol–water partition coefficient (Wildman–Crippen LogP) is 1.37. The predicted molar refractivity (Wildman–Crippen MR) is 78.3 cm³/mol. The highest BCUT2D eigenvalue weighted by Gasteiger charge is 2.24. The maximum absolute atomic E-state index is 12.3. The SMILES string of the molecule is CC(C)[C@@H](NC(=O)c1cc(=O)[nH]c2ccccc12)C(=O)O. The van der Waals surface area contributed by atoms with Gasteiger partial charge in [-0.05, 0) is 12.0 Å². The van der Waals surface area contributed by atoms with Crippen molar-refractivity contribution in [2.24, 2.45) is 5.92 Å². The third kappa shape index (κ3) is 3.10. The van der Waals surface area contributed by atoms with Gasteiger partial charge in [-0.25, -0.2) is 4.79 Å². The zero-order chi connectivity index (χ0) is 15.6. The first-order valence-corrected chi connectivity index (χ1v) is 6.56. The summed E-state index contributed by atoms with van der Waals surface area (Å²) < 4.78 is 0. The molecule has 110 valence electrons. The number of hydrogen-bond donors (Lipinski definition) is 3. The van der Waals surface area contributed by atoms with E-state index < -0.39 is 23.5 Å². The molecule has 2 rings (SSSR count). The molecule has 1 heterocycles. The summed E-state index contributed by atoms with van der Waals surface area (Å²) in [5, 5.41) is 12.2. The number of aliphatic carboxylic acids is 1. The van der Waals surface area contributed by atoms with Crippen LogP contribution in [0.1, 0.15) is 24.2 Å². The van der Waals surface area contributed by atoms with Crippen molar-refractivity contribution >= 4 is 22.8 Å². The summed E-state index contributed by atoms with van der Waals surface area (Å²) in [6.07, 6.45) is 0. The number of carboxylic acid groups (broad SMARTS) is 1. The summed E-state index contributed by atoms with van der Waals surface area (Å²) in [7, 11) is 0. The number of rotatable bonds is 4. The van der Waals surface area contributed by atoms with Crippen LogP contribution in [0, 0.1) is 5.92 Å². The third-order valence-electron chi connectivity index (χ3n) is 3.21. The van der Waals surface area contributed by atoms with Crippen LogP contribution >= 0.6 is 0 Å². The molecule has 0 bridgehead atoms. The molecule has 1 atom stereocenters. The van der Waals surface area contributed by atoms with Crippen LogP contribution < -0.4 is 10.9 Å². The van der Waals surface area contributed by atoms with Gasteiger partial charge in [-0.15, -0.1) is 0 Å². The summed E-state index contributed by atoms with van der Waals surface area (Å²) in [5.41, 5.74) is 0.295. The van der Waals surface area contributed by atoms with Crippen molar-refractivity contribution in [2.45, 2.75) is 19.9 Å². The molecule has 0 radical (unpaired) electrons. The molecule has 6 heteroatoms. The number of aromatic nitrogens is 1.